The number of amides is 1. The second-order valence-electron chi connectivity index (χ2n) is 3.91. The Morgan fingerprint density at radius 2 is 2.00 bits per heavy atom. The van der Waals surface area contributed by atoms with E-state index in [0.717, 1.165) is 11.3 Å². The van der Waals surface area contributed by atoms with Gasteiger partial charge in [-0.25, -0.2) is 4.98 Å². The van der Waals surface area contributed by atoms with Crippen LogP contribution in [-0.4, -0.2) is 15.9 Å². The minimum absolute atomic E-state index is 0.278. The molecule has 1 aromatic carbocycles. The quantitative estimate of drug-likeness (QED) is 0.904. The fraction of sp³-hybridized carbons (Fsp3) is 0.154. The number of rotatable bonds is 2. The van der Waals surface area contributed by atoms with Gasteiger partial charge in [-0.15, -0.1) is 0 Å². The molecule has 0 unspecified atom stereocenters. The SMILES string of the molecule is Cc1cnc(C(=O)Nc2cccc(Cl)c2C)cn1. The number of halogens is 1. The van der Waals surface area contributed by atoms with Crippen molar-refractivity contribution in [2.45, 2.75) is 13.8 Å². The number of anilines is 1. The predicted molar refractivity (Wildman–Crippen MR) is 70.9 cm³/mol. The van der Waals surface area contributed by atoms with Crippen molar-refractivity contribution in [2.75, 3.05) is 5.32 Å². The van der Waals surface area contributed by atoms with Gasteiger partial charge in [0.05, 0.1) is 11.9 Å². The summed E-state index contributed by atoms with van der Waals surface area (Å²) in [6.07, 6.45) is 3.00. The fourth-order valence-corrected chi connectivity index (χ4v) is 1.61. The van der Waals surface area contributed by atoms with E-state index in [2.05, 4.69) is 15.3 Å². The number of benzene rings is 1. The monoisotopic (exact) mass is 261 g/mol. The number of hydrogen-bond donors (Lipinski definition) is 1. The van der Waals surface area contributed by atoms with E-state index in [9.17, 15) is 4.79 Å². The van der Waals surface area contributed by atoms with Crippen LogP contribution in [0.5, 0.6) is 0 Å². The van der Waals surface area contributed by atoms with Gasteiger partial charge in [-0.3, -0.25) is 9.78 Å². The zero-order valence-corrected chi connectivity index (χ0v) is 10.8. The van der Waals surface area contributed by atoms with Crippen LogP contribution in [0.2, 0.25) is 5.02 Å². The van der Waals surface area contributed by atoms with Crippen molar-refractivity contribution in [1.82, 2.24) is 9.97 Å². The van der Waals surface area contributed by atoms with E-state index >= 15 is 0 Å². The minimum Gasteiger partial charge on any atom is -0.320 e. The van der Waals surface area contributed by atoms with E-state index in [1.54, 1.807) is 24.4 Å². The van der Waals surface area contributed by atoms with Crippen LogP contribution >= 0.6 is 11.6 Å². The normalized spacial score (nSPS) is 10.2. The Hall–Kier alpha value is -1.94. The Balaban J connectivity index is 2.21. The van der Waals surface area contributed by atoms with E-state index in [1.807, 2.05) is 13.8 Å². The number of nitrogens with zero attached hydrogens (tertiary/aromatic N) is 2. The molecule has 0 saturated carbocycles. The molecule has 0 aliphatic heterocycles. The smallest absolute Gasteiger partial charge is 0.275 e. The average Bonchev–Trinajstić information content (AvgIpc) is 2.36. The molecular formula is C13H12ClN3O. The van der Waals surface area contributed by atoms with Crippen LogP contribution < -0.4 is 5.32 Å². The molecular weight excluding hydrogens is 250 g/mol. The molecule has 0 spiro atoms. The lowest BCUT2D eigenvalue weighted by molar-refractivity contribution is 0.102. The van der Waals surface area contributed by atoms with Crippen LogP contribution in [0.4, 0.5) is 5.69 Å². The van der Waals surface area contributed by atoms with Crippen molar-refractivity contribution in [3.8, 4) is 0 Å². The van der Waals surface area contributed by atoms with Gasteiger partial charge < -0.3 is 5.32 Å². The Kier molecular flexibility index (Phi) is 3.58. The highest BCUT2D eigenvalue weighted by atomic mass is 35.5. The third-order valence-electron chi connectivity index (χ3n) is 2.53. The maximum absolute atomic E-state index is 11.9. The molecule has 4 nitrogen and oxygen atoms in total. The first kappa shape index (κ1) is 12.5. The molecule has 0 aliphatic rings. The van der Waals surface area contributed by atoms with Gasteiger partial charge in [0.25, 0.3) is 5.91 Å². The van der Waals surface area contributed by atoms with Gasteiger partial charge in [-0.2, -0.15) is 0 Å². The molecule has 1 N–H and O–H groups in total. The molecule has 5 heteroatoms. The third-order valence-corrected chi connectivity index (χ3v) is 2.94. The molecule has 1 heterocycles. The van der Waals surface area contributed by atoms with Crippen LogP contribution in [0.1, 0.15) is 21.7 Å². The summed E-state index contributed by atoms with van der Waals surface area (Å²) in [5.74, 6) is -0.298. The maximum atomic E-state index is 11.9. The number of carbonyl (C=O) groups is 1. The first-order valence-electron chi connectivity index (χ1n) is 5.43. The molecule has 1 amide bonds. The summed E-state index contributed by atoms with van der Waals surface area (Å²) in [7, 11) is 0. The molecule has 0 atom stereocenters. The summed E-state index contributed by atoms with van der Waals surface area (Å²) in [5.41, 5.74) is 2.55. The minimum atomic E-state index is -0.298. The van der Waals surface area contributed by atoms with Crippen LogP contribution in [0.3, 0.4) is 0 Å². The summed E-state index contributed by atoms with van der Waals surface area (Å²) < 4.78 is 0. The molecule has 0 bridgehead atoms. The number of nitrogens with one attached hydrogen (secondary N) is 1. The van der Waals surface area contributed by atoms with Gasteiger partial charge in [0, 0.05) is 16.9 Å². The van der Waals surface area contributed by atoms with Gasteiger partial charge in [-0.1, -0.05) is 17.7 Å². The third kappa shape index (κ3) is 2.65. The molecule has 0 saturated heterocycles. The number of carbonyl (C=O) groups excluding carboxylic acids is 1. The molecule has 0 aliphatic carbocycles. The number of hydrogen-bond acceptors (Lipinski definition) is 3. The van der Waals surface area contributed by atoms with Crippen molar-refractivity contribution in [2.24, 2.45) is 0 Å². The average molecular weight is 262 g/mol. The van der Waals surface area contributed by atoms with E-state index in [0.29, 0.717) is 10.7 Å². The van der Waals surface area contributed by atoms with Crippen LogP contribution in [0.25, 0.3) is 0 Å². The van der Waals surface area contributed by atoms with E-state index in [1.165, 1.54) is 6.20 Å². The van der Waals surface area contributed by atoms with Crippen LogP contribution in [0.15, 0.2) is 30.6 Å². The maximum Gasteiger partial charge on any atom is 0.275 e. The summed E-state index contributed by atoms with van der Waals surface area (Å²) >= 11 is 5.98. The zero-order chi connectivity index (χ0) is 13.1. The molecule has 92 valence electrons. The highest BCUT2D eigenvalue weighted by Gasteiger charge is 2.10. The summed E-state index contributed by atoms with van der Waals surface area (Å²) in [6.45, 7) is 3.66. The summed E-state index contributed by atoms with van der Waals surface area (Å²) in [6, 6.07) is 5.35. The van der Waals surface area contributed by atoms with Crippen molar-refractivity contribution in [3.63, 3.8) is 0 Å². The second kappa shape index (κ2) is 5.14. The van der Waals surface area contributed by atoms with Crippen molar-refractivity contribution in [1.29, 1.82) is 0 Å². The number of aromatic nitrogens is 2. The second-order valence-corrected chi connectivity index (χ2v) is 4.32. The van der Waals surface area contributed by atoms with Gasteiger partial charge in [0.2, 0.25) is 0 Å². The first-order chi connectivity index (χ1) is 8.58. The molecule has 18 heavy (non-hydrogen) atoms. The van der Waals surface area contributed by atoms with Gasteiger partial charge >= 0.3 is 0 Å². The Bertz CT molecular complexity index is 581. The number of aryl methyl sites for hydroxylation is 1. The molecule has 0 fully saturated rings. The van der Waals surface area contributed by atoms with Crippen LogP contribution in [-0.2, 0) is 0 Å². The van der Waals surface area contributed by atoms with E-state index in [4.69, 9.17) is 11.6 Å². The molecule has 1 aromatic heterocycles. The lowest BCUT2D eigenvalue weighted by atomic mass is 10.2. The summed E-state index contributed by atoms with van der Waals surface area (Å²) in [5, 5.41) is 3.37. The Morgan fingerprint density at radius 1 is 1.22 bits per heavy atom. The lowest BCUT2D eigenvalue weighted by Crippen LogP contribution is -2.14. The highest BCUT2D eigenvalue weighted by molar-refractivity contribution is 6.31. The highest BCUT2D eigenvalue weighted by Crippen LogP contribution is 2.23. The van der Waals surface area contributed by atoms with Gasteiger partial charge in [-0.05, 0) is 31.5 Å². The largest absolute Gasteiger partial charge is 0.320 e. The zero-order valence-electron chi connectivity index (χ0n) is 10.1. The summed E-state index contributed by atoms with van der Waals surface area (Å²) in [4.78, 5) is 20.0. The Labute approximate surface area is 110 Å². The Morgan fingerprint density at radius 3 is 2.67 bits per heavy atom. The van der Waals surface area contributed by atoms with Gasteiger partial charge in [0.15, 0.2) is 0 Å². The topological polar surface area (TPSA) is 54.9 Å². The molecule has 2 aromatic rings. The van der Waals surface area contributed by atoms with E-state index < -0.39 is 0 Å². The van der Waals surface area contributed by atoms with E-state index in [-0.39, 0.29) is 11.6 Å². The van der Waals surface area contributed by atoms with Crippen molar-refractivity contribution >= 4 is 23.2 Å². The lowest BCUT2D eigenvalue weighted by Gasteiger charge is -2.08. The molecule has 0 radical (unpaired) electrons. The standard InChI is InChI=1S/C13H12ClN3O/c1-8-6-16-12(7-15-8)13(18)17-11-5-3-4-10(14)9(11)2/h3-7H,1-2H3,(H,17,18). The first-order valence-corrected chi connectivity index (χ1v) is 5.81. The van der Waals surface area contributed by atoms with Crippen molar-refractivity contribution < 1.29 is 4.79 Å². The van der Waals surface area contributed by atoms with Crippen LogP contribution in [0, 0.1) is 13.8 Å². The fourth-order valence-electron chi connectivity index (χ4n) is 1.44. The van der Waals surface area contributed by atoms with Gasteiger partial charge in [0.1, 0.15) is 5.69 Å². The predicted octanol–water partition coefficient (Wildman–Crippen LogP) is 3.00. The molecule has 2 rings (SSSR count). The van der Waals surface area contributed by atoms with Crippen molar-refractivity contribution in [3.05, 3.63) is 52.6 Å².